The standard InChI is InChI=1S/C20H22N6O2/c1-27-16-6-4-5-15(13-16)22-19-14-21-25-20(24-19)23-17-7-2-3-8-18(17)26-9-11-28-12-10-26/h2-8,13-14H,9-12H2,1H3,(H2,22,23,24,25). The maximum atomic E-state index is 5.45. The Morgan fingerprint density at radius 2 is 1.89 bits per heavy atom. The van der Waals surface area contributed by atoms with Gasteiger partial charge in [-0.25, -0.2) is 0 Å². The van der Waals surface area contributed by atoms with Crippen molar-refractivity contribution in [2.45, 2.75) is 0 Å². The van der Waals surface area contributed by atoms with Crippen molar-refractivity contribution in [2.75, 3.05) is 48.9 Å². The molecule has 2 heterocycles. The molecule has 0 unspecified atom stereocenters. The molecular weight excluding hydrogens is 356 g/mol. The summed E-state index contributed by atoms with van der Waals surface area (Å²) in [6.45, 7) is 3.17. The van der Waals surface area contributed by atoms with E-state index < -0.39 is 0 Å². The normalized spacial score (nSPS) is 13.8. The predicted molar refractivity (Wildman–Crippen MR) is 109 cm³/mol. The molecule has 0 bridgehead atoms. The van der Waals surface area contributed by atoms with Crippen LogP contribution in [0.2, 0.25) is 0 Å². The van der Waals surface area contributed by atoms with E-state index in [0.717, 1.165) is 49.1 Å². The van der Waals surface area contributed by atoms with Gasteiger partial charge in [0, 0.05) is 24.8 Å². The van der Waals surface area contributed by atoms with E-state index in [9.17, 15) is 0 Å². The van der Waals surface area contributed by atoms with E-state index in [2.05, 4.69) is 36.8 Å². The number of methoxy groups -OCH3 is 1. The van der Waals surface area contributed by atoms with Crippen LogP contribution in [0.5, 0.6) is 5.75 Å². The second kappa shape index (κ2) is 8.53. The van der Waals surface area contributed by atoms with Crippen LogP contribution in [0.4, 0.5) is 28.8 Å². The number of aromatic nitrogens is 3. The Balaban J connectivity index is 1.52. The number of rotatable bonds is 6. The van der Waals surface area contributed by atoms with Gasteiger partial charge in [-0.05, 0) is 24.3 Å². The first-order chi connectivity index (χ1) is 13.8. The number of nitrogens with one attached hydrogen (secondary N) is 2. The first-order valence-electron chi connectivity index (χ1n) is 9.11. The number of morpholine rings is 1. The lowest BCUT2D eigenvalue weighted by Crippen LogP contribution is -2.36. The van der Waals surface area contributed by atoms with Gasteiger partial charge in [-0.3, -0.25) is 0 Å². The van der Waals surface area contributed by atoms with Gasteiger partial charge in [-0.2, -0.15) is 10.1 Å². The lowest BCUT2D eigenvalue weighted by molar-refractivity contribution is 0.123. The van der Waals surface area contributed by atoms with Crippen LogP contribution in [0.15, 0.2) is 54.7 Å². The molecule has 3 aromatic rings. The second-order valence-electron chi connectivity index (χ2n) is 6.26. The number of hydrogen-bond donors (Lipinski definition) is 2. The smallest absolute Gasteiger partial charge is 0.249 e. The Kier molecular flexibility index (Phi) is 5.48. The lowest BCUT2D eigenvalue weighted by atomic mass is 10.2. The van der Waals surface area contributed by atoms with Crippen LogP contribution in [0, 0.1) is 0 Å². The first-order valence-corrected chi connectivity index (χ1v) is 9.11. The van der Waals surface area contributed by atoms with Crippen LogP contribution < -0.4 is 20.3 Å². The summed E-state index contributed by atoms with van der Waals surface area (Å²) < 4.78 is 10.7. The zero-order chi connectivity index (χ0) is 19.2. The van der Waals surface area contributed by atoms with E-state index in [1.54, 1.807) is 13.3 Å². The molecule has 28 heavy (non-hydrogen) atoms. The number of nitrogens with zero attached hydrogens (tertiary/aromatic N) is 4. The summed E-state index contributed by atoms with van der Waals surface area (Å²) in [5, 5.41) is 14.7. The van der Waals surface area contributed by atoms with E-state index in [1.165, 1.54) is 0 Å². The minimum atomic E-state index is 0.425. The molecule has 0 atom stereocenters. The van der Waals surface area contributed by atoms with Crippen molar-refractivity contribution in [3.05, 3.63) is 54.7 Å². The first kappa shape index (κ1) is 18.0. The molecule has 0 amide bonds. The molecular formula is C20H22N6O2. The largest absolute Gasteiger partial charge is 0.497 e. The van der Waals surface area contributed by atoms with Crippen molar-refractivity contribution in [1.29, 1.82) is 0 Å². The summed E-state index contributed by atoms with van der Waals surface area (Å²) in [4.78, 5) is 6.81. The topological polar surface area (TPSA) is 84.4 Å². The van der Waals surface area contributed by atoms with Crippen LogP contribution in [0.3, 0.4) is 0 Å². The molecule has 8 nitrogen and oxygen atoms in total. The average Bonchev–Trinajstić information content (AvgIpc) is 2.75. The van der Waals surface area contributed by atoms with Crippen molar-refractivity contribution in [2.24, 2.45) is 0 Å². The summed E-state index contributed by atoms with van der Waals surface area (Å²) in [5.74, 6) is 1.79. The van der Waals surface area contributed by atoms with Gasteiger partial charge in [-0.1, -0.05) is 18.2 Å². The number of anilines is 5. The summed E-state index contributed by atoms with van der Waals surface area (Å²) in [6, 6.07) is 15.7. The van der Waals surface area contributed by atoms with Crippen LogP contribution in [0.25, 0.3) is 0 Å². The zero-order valence-electron chi connectivity index (χ0n) is 15.6. The van der Waals surface area contributed by atoms with Crippen LogP contribution in [-0.2, 0) is 4.74 Å². The van der Waals surface area contributed by atoms with E-state index in [-0.39, 0.29) is 0 Å². The van der Waals surface area contributed by atoms with Gasteiger partial charge in [-0.15, -0.1) is 5.10 Å². The molecule has 0 radical (unpaired) electrons. The molecule has 144 valence electrons. The summed E-state index contributed by atoms with van der Waals surface area (Å²) >= 11 is 0. The van der Waals surface area contributed by atoms with Gasteiger partial charge in [0.1, 0.15) is 5.75 Å². The maximum absolute atomic E-state index is 5.45. The molecule has 1 aromatic heterocycles. The third kappa shape index (κ3) is 4.29. The van der Waals surface area contributed by atoms with Crippen LogP contribution >= 0.6 is 0 Å². The summed E-state index contributed by atoms with van der Waals surface area (Å²) in [5.41, 5.74) is 2.89. The predicted octanol–water partition coefficient (Wildman–Crippen LogP) is 3.20. The van der Waals surface area contributed by atoms with Crippen molar-refractivity contribution in [3.63, 3.8) is 0 Å². The highest BCUT2D eigenvalue weighted by Crippen LogP contribution is 2.28. The summed E-state index contributed by atoms with van der Waals surface area (Å²) in [7, 11) is 1.64. The van der Waals surface area contributed by atoms with E-state index in [0.29, 0.717) is 11.8 Å². The molecule has 2 N–H and O–H groups in total. The number of benzene rings is 2. The lowest BCUT2D eigenvalue weighted by Gasteiger charge is -2.30. The fraction of sp³-hybridized carbons (Fsp3) is 0.250. The van der Waals surface area contributed by atoms with Gasteiger partial charge in [0.15, 0.2) is 5.82 Å². The highest BCUT2D eigenvalue weighted by atomic mass is 16.5. The van der Waals surface area contributed by atoms with Gasteiger partial charge in [0.25, 0.3) is 0 Å². The molecule has 2 aromatic carbocycles. The minimum Gasteiger partial charge on any atom is -0.497 e. The molecule has 1 fully saturated rings. The average molecular weight is 378 g/mol. The van der Waals surface area contributed by atoms with Crippen LogP contribution in [-0.4, -0.2) is 48.6 Å². The number of hydrogen-bond acceptors (Lipinski definition) is 8. The molecule has 1 aliphatic heterocycles. The van der Waals surface area contributed by atoms with E-state index >= 15 is 0 Å². The highest BCUT2D eigenvalue weighted by molar-refractivity contribution is 5.73. The van der Waals surface area contributed by atoms with Crippen molar-refractivity contribution < 1.29 is 9.47 Å². The molecule has 0 spiro atoms. The Morgan fingerprint density at radius 1 is 1.04 bits per heavy atom. The SMILES string of the molecule is COc1cccc(Nc2cnnc(Nc3ccccc3N3CCOCC3)n2)c1. The zero-order valence-corrected chi connectivity index (χ0v) is 15.6. The Bertz CT molecular complexity index is 930. The third-order valence-electron chi connectivity index (χ3n) is 4.40. The molecule has 8 heteroatoms. The Morgan fingerprint density at radius 3 is 2.75 bits per heavy atom. The molecule has 0 saturated carbocycles. The minimum absolute atomic E-state index is 0.425. The van der Waals surface area contributed by atoms with Gasteiger partial charge >= 0.3 is 0 Å². The third-order valence-corrected chi connectivity index (χ3v) is 4.40. The molecule has 0 aliphatic carbocycles. The molecule has 1 aliphatic rings. The fourth-order valence-electron chi connectivity index (χ4n) is 3.05. The Hall–Kier alpha value is -3.39. The summed E-state index contributed by atoms with van der Waals surface area (Å²) in [6.07, 6.45) is 1.58. The van der Waals surface area contributed by atoms with E-state index in [4.69, 9.17) is 9.47 Å². The quantitative estimate of drug-likeness (QED) is 0.676. The molecule has 1 saturated heterocycles. The second-order valence-corrected chi connectivity index (χ2v) is 6.26. The monoisotopic (exact) mass is 378 g/mol. The Labute approximate surface area is 163 Å². The molecule has 4 rings (SSSR count). The highest BCUT2D eigenvalue weighted by Gasteiger charge is 2.15. The van der Waals surface area contributed by atoms with E-state index in [1.807, 2.05) is 42.5 Å². The van der Waals surface area contributed by atoms with Crippen LogP contribution in [0.1, 0.15) is 0 Å². The van der Waals surface area contributed by atoms with Crippen molar-refractivity contribution in [1.82, 2.24) is 15.2 Å². The maximum Gasteiger partial charge on any atom is 0.249 e. The fourth-order valence-corrected chi connectivity index (χ4v) is 3.05. The van der Waals surface area contributed by atoms with Gasteiger partial charge < -0.3 is 25.0 Å². The van der Waals surface area contributed by atoms with Crippen molar-refractivity contribution >= 4 is 28.8 Å². The van der Waals surface area contributed by atoms with Crippen molar-refractivity contribution in [3.8, 4) is 5.75 Å². The number of para-hydroxylation sites is 2. The van der Waals surface area contributed by atoms with Gasteiger partial charge in [0.2, 0.25) is 5.95 Å². The van der Waals surface area contributed by atoms with Gasteiger partial charge in [0.05, 0.1) is 37.9 Å². The number of ether oxygens (including phenoxy) is 2.